The molecule has 1 aromatic carbocycles. The molecule has 0 saturated heterocycles. The van der Waals surface area contributed by atoms with Gasteiger partial charge in [0.15, 0.2) is 0 Å². The highest BCUT2D eigenvalue weighted by molar-refractivity contribution is 5.35. The number of nitrogens with one attached hydrogen (secondary N) is 1. The molecule has 1 fully saturated rings. The smallest absolute Gasteiger partial charge is 0.203 e. The second kappa shape index (κ2) is 6.20. The molecule has 0 aliphatic heterocycles. The molecule has 1 N–H and O–H groups in total. The van der Waals surface area contributed by atoms with Gasteiger partial charge in [-0.2, -0.15) is 0 Å². The molecule has 112 valence electrons. The Morgan fingerprint density at radius 3 is 2.62 bits per heavy atom. The van der Waals surface area contributed by atoms with Crippen molar-refractivity contribution in [2.75, 3.05) is 12.4 Å². The molecule has 0 spiro atoms. The number of aromatic nitrogens is 2. The minimum absolute atomic E-state index is 0.221. The van der Waals surface area contributed by atoms with E-state index in [1.807, 2.05) is 18.3 Å². The van der Waals surface area contributed by atoms with Crippen LogP contribution in [0, 0.1) is 0 Å². The zero-order chi connectivity index (χ0) is 14.7. The van der Waals surface area contributed by atoms with Gasteiger partial charge in [-0.3, -0.25) is 0 Å². The second-order valence-corrected chi connectivity index (χ2v) is 5.74. The lowest BCUT2D eigenvalue weighted by atomic mass is 10.1. The number of anilines is 1. The summed E-state index contributed by atoms with van der Waals surface area (Å²) < 4.78 is 7.50. The number of ether oxygens (including phenoxy) is 1. The predicted octanol–water partition coefficient (Wildman–Crippen LogP) is 4.18. The summed E-state index contributed by atoms with van der Waals surface area (Å²) >= 11 is 0. The van der Waals surface area contributed by atoms with Crippen molar-refractivity contribution in [1.82, 2.24) is 9.55 Å². The number of hydrogen-bond acceptors (Lipinski definition) is 3. The fourth-order valence-corrected chi connectivity index (χ4v) is 3.07. The molecular weight excluding hydrogens is 262 g/mol. The molecule has 0 radical (unpaired) electrons. The molecule has 3 rings (SSSR count). The van der Waals surface area contributed by atoms with Gasteiger partial charge in [0.05, 0.1) is 13.2 Å². The Hall–Kier alpha value is -1.97. The number of methoxy groups -OCH3 is 1. The van der Waals surface area contributed by atoms with Crippen LogP contribution in [0.3, 0.4) is 0 Å². The maximum absolute atomic E-state index is 5.20. The Kier molecular flexibility index (Phi) is 4.13. The summed E-state index contributed by atoms with van der Waals surface area (Å²) in [7, 11) is 1.69. The van der Waals surface area contributed by atoms with Crippen molar-refractivity contribution in [1.29, 1.82) is 0 Å². The summed E-state index contributed by atoms with van der Waals surface area (Å²) in [5.74, 6) is 1.86. The van der Waals surface area contributed by atoms with Gasteiger partial charge in [-0.1, -0.05) is 25.0 Å². The van der Waals surface area contributed by atoms with Crippen LogP contribution in [0.5, 0.6) is 5.75 Å². The number of imidazole rings is 1. The topological polar surface area (TPSA) is 39.1 Å². The van der Waals surface area contributed by atoms with Crippen LogP contribution in [0.2, 0.25) is 0 Å². The zero-order valence-electron chi connectivity index (χ0n) is 12.7. The van der Waals surface area contributed by atoms with E-state index in [-0.39, 0.29) is 6.04 Å². The molecule has 1 aliphatic rings. The molecule has 1 atom stereocenters. The van der Waals surface area contributed by atoms with Crippen molar-refractivity contribution in [3.8, 4) is 5.75 Å². The van der Waals surface area contributed by atoms with Gasteiger partial charge in [0, 0.05) is 18.4 Å². The lowest BCUT2D eigenvalue weighted by Crippen LogP contribution is -2.14. The molecule has 4 nitrogen and oxygen atoms in total. The fourth-order valence-electron chi connectivity index (χ4n) is 3.07. The summed E-state index contributed by atoms with van der Waals surface area (Å²) in [5.41, 5.74) is 1.23. The quantitative estimate of drug-likeness (QED) is 0.895. The number of hydrogen-bond donors (Lipinski definition) is 1. The van der Waals surface area contributed by atoms with E-state index >= 15 is 0 Å². The van der Waals surface area contributed by atoms with Crippen LogP contribution in [0.25, 0.3) is 0 Å². The van der Waals surface area contributed by atoms with E-state index in [1.165, 1.54) is 31.2 Å². The van der Waals surface area contributed by atoms with E-state index in [2.05, 4.69) is 40.1 Å². The summed E-state index contributed by atoms with van der Waals surface area (Å²) in [6.45, 7) is 2.16. The Bertz CT molecular complexity index is 570. The Labute approximate surface area is 126 Å². The first-order valence-electron chi connectivity index (χ1n) is 7.71. The van der Waals surface area contributed by atoms with Crippen LogP contribution in [-0.2, 0) is 0 Å². The third-order valence-electron chi connectivity index (χ3n) is 4.35. The molecule has 1 saturated carbocycles. The fraction of sp³-hybridized carbons (Fsp3) is 0.471. The minimum Gasteiger partial charge on any atom is -0.497 e. The summed E-state index contributed by atoms with van der Waals surface area (Å²) in [5, 5.41) is 3.53. The van der Waals surface area contributed by atoms with Gasteiger partial charge in [0.2, 0.25) is 5.95 Å². The number of nitrogens with zero attached hydrogens (tertiary/aromatic N) is 2. The molecule has 1 unspecified atom stereocenters. The van der Waals surface area contributed by atoms with E-state index in [4.69, 9.17) is 4.74 Å². The average Bonchev–Trinajstić information content (AvgIpc) is 3.18. The van der Waals surface area contributed by atoms with Crippen molar-refractivity contribution in [3.63, 3.8) is 0 Å². The maximum atomic E-state index is 5.20. The van der Waals surface area contributed by atoms with Crippen LogP contribution < -0.4 is 10.1 Å². The molecule has 0 bridgehead atoms. The molecule has 2 aromatic rings. The van der Waals surface area contributed by atoms with Gasteiger partial charge in [0.25, 0.3) is 0 Å². The molecule has 0 amide bonds. The van der Waals surface area contributed by atoms with Gasteiger partial charge < -0.3 is 14.6 Å². The highest BCUT2D eigenvalue weighted by Crippen LogP contribution is 2.32. The van der Waals surface area contributed by atoms with E-state index in [1.54, 1.807) is 7.11 Å². The predicted molar refractivity (Wildman–Crippen MR) is 84.8 cm³/mol. The van der Waals surface area contributed by atoms with Crippen LogP contribution in [0.4, 0.5) is 5.95 Å². The maximum Gasteiger partial charge on any atom is 0.203 e. The highest BCUT2D eigenvalue weighted by atomic mass is 16.5. The van der Waals surface area contributed by atoms with Crippen LogP contribution in [0.15, 0.2) is 36.7 Å². The van der Waals surface area contributed by atoms with Crippen molar-refractivity contribution in [2.24, 2.45) is 0 Å². The van der Waals surface area contributed by atoms with Gasteiger partial charge in [-0.05, 0) is 37.5 Å². The standard InChI is InChI=1S/C17H23N3O/c1-13(14-7-9-16(21-2)10-8-14)19-17-18-11-12-20(17)15-5-3-4-6-15/h7-13,15H,3-6H2,1-2H3,(H,18,19). The van der Waals surface area contributed by atoms with Gasteiger partial charge in [-0.15, -0.1) is 0 Å². The lowest BCUT2D eigenvalue weighted by molar-refractivity contribution is 0.414. The summed E-state index contributed by atoms with van der Waals surface area (Å²) in [6, 6.07) is 9.02. The normalized spacial score (nSPS) is 16.9. The Balaban J connectivity index is 1.72. The first kappa shape index (κ1) is 14.0. The number of rotatable bonds is 5. The summed E-state index contributed by atoms with van der Waals surface area (Å²) in [6.07, 6.45) is 9.18. The largest absolute Gasteiger partial charge is 0.497 e. The second-order valence-electron chi connectivity index (χ2n) is 5.74. The summed E-state index contributed by atoms with van der Waals surface area (Å²) in [4.78, 5) is 4.49. The van der Waals surface area contributed by atoms with Crippen molar-refractivity contribution in [3.05, 3.63) is 42.2 Å². The van der Waals surface area contributed by atoms with Gasteiger partial charge in [0.1, 0.15) is 5.75 Å². The van der Waals surface area contributed by atoms with E-state index in [0.717, 1.165) is 11.7 Å². The monoisotopic (exact) mass is 285 g/mol. The van der Waals surface area contributed by atoms with Crippen LogP contribution in [-0.4, -0.2) is 16.7 Å². The minimum atomic E-state index is 0.221. The Morgan fingerprint density at radius 2 is 1.95 bits per heavy atom. The molecule has 1 aliphatic carbocycles. The molecule has 1 heterocycles. The highest BCUT2D eigenvalue weighted by Gasteiger charge is 2.20. The molecular formula is C17H23N3O. The van der Waals surface area contributed by atoms with Crippen molar-refractivity contribution in [2.45, 2.75) is 44.7 Å². The van der Waals surface area contributed by atoms with E-state index < -0.39 is 0 Å². The molecule has 21 heavy (non-hydrogen) atoms. The zero-order valence-corrected chi connectivity index (χ0v) is 12.7. The third-order valence-corrected chi connectivity index (χ3v) is 4.35. The molecule has 4 heteroatoms. The van der Waals surface area contributed by atoms with Gasteiger partial charge in [-0.25, -0.2) is 4.98 Å². The van der Waals surface area contributed by atoms with Crippen molar-refractivity contribution < 1.29 is 4.74 Å². The van der Waals surface area contributed by atoms with Crippen LogP contribution >= 0.6 is 0 Å². The van der Waals surface area contributed by atoms with E-state index in [9.17, 15) is 0 Å². The van der Waals surface area contributed by atoms with Gasteiger partial charge >= 0.3 is 0 Å². The average molecular weight is 285 g/mol. The van der Waals surface area contributed by atoms with Crippen LogP contribution in [0.1, 0.15) is 50.3 Å². The lowest BCUT2D eigenvalue weighted by Gasteiger charge is -2.19. The number of benzene rings is 1. The van der Waals surface area contributed by atoms with E-state index in [0.29, 0.717) is 6.04 Å². The first-order valence-corrected chi connectivity index (χ1v) is 7.71. The third kappa shape index (κ3) is 3.04. The molecule has 1 aromatic heterocycles. The SMILES string of the molecule is COc1ccc(C(C)Nc2nccn2C2CCCC2)cc1. The van der Waals surface area contributed by atoms with Crippen molar-refractivity contribution >= 4 is 5.95 Å². The Morgan fingerprint density at radius 1 is 1.24 bits per heavy atom. The first-order chi connectivity index (χ1) is 10.3.